The highest BCUT2D eigenvalue weighted by atomic mass is 32.2. The Morgan fingerprint density at radius 2 is 1.59 bits per heavy atom. The number of carbonyl (C=O) groups is 3. The first-order chi connectivity index (χ1) is 17.5. The lowest BCUT2D eigenvalue weighted by atomic mass is 9.94. The van der Waals surface area contributed by atoms with Crippen molar-refractivity contribution in [3.8, 4) is 0 Å². The number of piperidine rings is 1. The van der Waals surface area contributed by atoms with Gasteiger partial charge in [0.05, 0.1) is 4.90 Å². The average molecular weight is 530 g/mol. The van der Waals surface area contributed by atoms with Crippen molar-refractivity contribution in [2.75, 3.05) is 13.1 Å². The molecule has 0 aliphatic carbocycles. The molecule has 0 bridgehead atoms. The topological polar surface area (TPSA) is 133 Å². The molecule has 0 saturated carbocycles. The molecule has 2 aromatic carbocycles. The number of carboxylic acid groups (broad SMARTS) is 1. The highest BCUT2D eigenvalue weighted by Crippen LogP contribution is 2.22. The van der Waals surface area contributed by atoms with Gasteiger partial charge in [0.25, 0.3) is 0 Å². The lowest BCUT2D eigenvalue weighted by Crippen LogP contribution is -2.52. The third-order valence-electron chi connectivity index (χ3n) is 6.48. The van der Waals surface area contributed by atoms with E-state index in [0.29, 0.717) is 24.8 Å². The number of hydrogen-bond donors (Lipinski definition) is 3. The van der Waals surface area contributed by atoms with Crippen molar-refractivity contribution in [2.24, 2.45) is 11.8 Å². The van der Waals surface area contributed by atoms with E-state index in [1.165, 1.54) is 12.1 Å². The average Bonchev–Trinajstić information content (AvgIpc) is 2.86. The van der Waals surface area contributed by atoms with E-state index < -0.39 is 34.0 Å². The zero-order chi connectivity index (χ0) is 27.2. The third kappa shape index (κ3) is 7.62. The molecule has 2 unspecified atom stereocenters. The fraction of sp³-hybridized carbons (Fsp3) is 0.444. The summed E-state index contributed by atoms with van der Waals surface area (Å²) in [5.74, 6) is -2.21. The predicted molar refractivity (Wildman–Crippen MR) is 139 cm³/mol. The van der Waals surface area contributed by atoms with E-state index in [2.05, 4.69) is 10.0 Å². The fourth-order valence-electron chi connectivity index (χ4n) is 4.42. The van der Waals surface area contributed by atoms with Gasteiger partial charge >= 0.3 is 5.97 Å². The van der Waals surface area contributed by atoms with Crippen molar-refractivity contribution >= 4 is 27.8 Å². The summed E-state index contributed by atoms with van der Waals surface area (Å²) in [6, 6.07) is 12.8. The molecule has 1 heterocycles. The van der Waals surface area contributed by atoms with Gasteiger partial charge in [-0.3, -0.25) is 9.59 Å². The van der Waals surface area contributed by atoms with E-state index in [4.69, 9.17) is 0 Å². The minimum Gasteiger partial charge on any atom is -0.479 e. The molecule has 0 spiro atoms. The molecule has 0 radical (unpaired) electrons. The Morgan fingerprint density at radius 1 is 1.00 bits per heavy atom. The molecule has 1 saturated heterocycles. The largest absolute Gasteiger partial charge is 0.479 e. The molecule has 2 amide bonds. The number of amides is 2. The smallest absolute Gasteiger partial charge is 0.330 e. The number of sulfonamides is 1. The molecule has 1 aliphatic rings. The van der Waals surface area contributed by atoms with Crippen LogP contribution in [0.5, 0.6) is 0 Å². The summed E-state index contributed by atoms with van der Waals surface area (Å²) in [5.41, 5.74) is 1.41. The molecule has 1 aliphatic heterocycles. The Balaban J connectivity index is 1.64. The number of carbonyl (C=O) groups excluding carboxylic acids is 2. The summed E-state index contributed by atoms with van der Waals surface area (Å²) in [4.78, 5) is 39.6. The van der Waals surface area contributed by atoms with Crippen molar-refractivity contribution in [1.82, 2.24) is 14.9 Å². The number of aliphatic carboxylic acids is 1. The number of benzene rings is 2. The number of hydrogen-bond acceptors (Lipinski definition) is 5. The number of carboxylic acids is 1. The third-order valence-corrected chi connectivity index (χ3v) is 7.97. The van der Waals surface area contributed by atoms with Crippen LogP contribution in [0.15, 0.2) is 59.5 Å². The van der Waals surface area contributed by atoms with Crippen molar-refractivity contribution < 1.29 is 27.9 Å². The van der Waals surface area contributed by atoms with Crippen LogP contribution in [0, 0.1) is 18.8 Å². The predicted octanol–water partition coefficient (Wildman–Crippen LogP) is 2.87. The van der Waals surface area contributed by atoms with Crippen LogP contribution in [0.3, 0.4) is 0 Å². The van der Waals surface area contributed by atoms with Gasteiger partial charge in [-0.25, -0.2) is 13.2 Å². The van der Waals surface area contributed by atoms with Gasteiger partial charge in [-0.05, 0) is 49.8 Å². The monoisotopic (exact) mass is 529 g/mol. The number of nitrogens with one attached hydrogen (secondary N) is 2. The van der Waals surface area contributed by atoms with Crippen LogP contribution in [0.2, 0.25) is 0 Å². The van der Waals surface area contributed by atoms with Gasteiger partial charge in [-0.1, -0.05) is 61.9 Å². The van der Waals surface area contributed by atoms with Crippen LogP contribution in [-0.2, 0) is 24.4 Å². The van der Waals surface area contributed by atoms with Crippen molar-refractivity contribution in [3.63, 3.8) is 0 Å². The Kier molecular flexibility index (Phi) is 9.45. The molecule has 2 atom stereocenters. The van der Waals surface area contributed by atoms with Gasteiger partial charge in [0.1, 0.15) is 6.04 Å². The lowest BCUT2D eigenvalue weighted by Gasteiger charge is -2.34. The minimum absolute atomic E-state index is 0.0731. The van der Waals surface area contributed by atoms with Crippen LogP contribution in [0.1, 0.15) is 50.3 Å². The molecule has 37 heavy (non-hydrogen) atoms. The van der Waals surface area contributed by atoms with E-state index in [1.54, 1.807) is 47.4 Å². The number of nitrogens with zero attached hydrogens (tertiary/aromatic N) is 1. The second-order valence-corrected chi connectivity index (χ2v) is 11.6. The Hall–Kier alpha value is -3.24. The summed E-state index contributed by atoms with van der Waals surface area (Å²) in [6.45, 7) is 6.26. The van der Waals surface area contributed by atoms with Crippen LogP contribution in [-0.4, -0.2) is 55.3 Å². The molecule has 1 fully saturated rings. The molecule has 9 nitrogen and oxygen atoms in total. The van der Waals surface area contributed by atoms with Gasteiger partial charge in [0.15, 0.2) is 6.04 Å². The van der Waals surface area contributed by atoms with Crippen LogP contribution in [0.25, 0.3) is 0 Å². The minimum atomic E-state index is -3.90. The van der Waals surface area contributed by atoms with Crippen molar-refractivity contribution in [3.05, 3.63) is 65.7 Å². The standard InChI is InChI=1S/C27H35N3O6S/c1-18(2)17-23(29-37(35,36)22-11-9-19(3)10-12-22)26(32)30-15-13-21(14-16-30)25(31)28-24(27(33)34)20-7-5-4-6-8-20/h4-12,18,21,23-24,29H,13-17H2,1-3H3,(H,28,31)(H,33,34). The summed E-state index contributed by atoms with van der Waals surface area (Å²) in [6.07, 6.45) is 1.05. The maximum absolute atomic E-state index is 13.3. The number of aryl methyl sites for hydroxylation is 1. The Labute approximate surface area is 218 Å². The summed E-state index contributed by atoms with van der Waals surface area (Å²) < 4.78 is 28.5. The summed E-state index contributed by atoms with van der Waals surface area (Å²) in [5, 5.41) is 12.2. The molecule has 2 aromatic rings. The van der Waals surface area contributed by atoms with E-state index >= 15 is 0 Å². The first-order valence-corrected chi connectivity index (χ1v) is 13.9. The first-order valence-electron chi connectivity index (χ1n) is 12.4. The zero-order valence-corrected chi connectivity index (χ0v) is 22.2. The zero-order valence-electron chi connectivity index (χ0n) is 21.4. The fourth-order valence-corrected chi connectivity index (χ4v) is 5.62. The Morgan fingerprint density at radius 3 is 2.14 bits per heavy atom. The van der Waals surface area contributed by atoms with E-state index in [9.17, 15) is 27.9 Å². The number of rotatable bonds is 10. The van der Waals surface area contributed by atoms with E-state index in [0.717, 1.165) is 5.56 Å². The Bertz CT molecular complexity index is 1190. The molecule has 0 aromatic heterocycles. The summed E-state index contributed by atoms with van der Waals surface area (Å²) >= 11 is 0. The number of likely N-dealkylation sites (tertiary alicyclic amines) is 1. The van der Waals surface area contributed by atoms with Gasteiger partial charge in [-0.2, -0.15) is 4.72 Å². The first kappa shape index (κ1) is 28.3. The van der Waals surface area contributed by atoms with Gasteiger partial charge in [0, 0.05) is 19.0 Å². The normalized spacial score (nSPS) is 16.3. The maximum Gasteiger partial charge on any atom is 0.330 e. The van der Waals surface area contributed by atoms with Gasteiger partial charge in [0.2, 0.25) is 21.8 Å². The highest BCUT2D eigenvalue weighted by Gasteiger charge is 2.34. The lowest BCUT2D eigenvalue weighted by molar-refractivity contribution is -0.143. The molecular formula is C27H35N3O6S. The maximum atomic E-state index is 13.3. The molecule has 200 valence electrons. The highest BCUT2D eigenvalue weighted by molar-refractivity contribution is 7.89. The summed E-state index contributed by atoms with van der Waals surface area (Å²) in [7, 11) is -3.90. The molecule has 3 N–H and O–H groups in total. The van der Waals surface area contributed by atoms with Gasteiger partial charge < -0.3 is 15.3 Å². The van der Waals surface area contributed by atoms with Gasteiger partial charge in [-0.15, -0.1) is 0 Å². The van der Waals surface area contributed by atoms with Crippen LogP contribution >= 0.6 is 0 Å². The molecule has 10 heteroatoms. The van der Waals surface area contributed by atoms with E-state index in [-0.39, 0.29) is 35.7 Å². The second kappa shape index (κ2) is 12.3. The second-order valence-electron chi connectivity index (χ2n) is 9.91. The quantitative estimate of drug-likeness (QED) is 0.434. The van der Waals surface area contributed by atoms with Crippen molar-refractivity contribution in [1.29, 1.82) is 0 Å². The van der Waals surface area contributed by atoms with Crippen LogP contribution in [0.4, 0.5) is 0 Å². The van der Waals surface area contributed by atoms with E-state index in [1.807, 2.05) is 20.8 Å². The SMILES string of the molecule is Cc1ccc(S(=O)(=O)NC(CC(C)C)C(=O)N2CCC(C(=O)NC(C(=O)O)c3ccccc3)CC2)cc1. The van der Waals surface area contributed by atoms with Crippen LogP contribution < -0.4 is 10.0 Å². The van der Waals surface area contributed by atoms with Crippen molar-refractivity contribution in [2.45, 2.75) is 57.0 Å². The molecule has 3 rings (SSSR count). The molecular weight excluding hydrogens is 494 g/mol.